The van der Waals surface area contributed by atoms with Crippen LogP contribution >= 0.6 is 0 Å². The summed E-state index contributed by atoms with van der Waals surface area (Å²) in [4.78, 5) is 26.1. The molecule has 1 aromatic rings. The van der Waals surface area contributed by atoms with Gasteiger partial charge in [-0.2, -0.15) is 0 Å². The Hall–Kier alpha value is -2.04. The highest BCUT2D eigenvalue weighted by Crippen LogP contribution is 2.23. The summed E-state index contributed by atoms with van der Waals surface area (Å²) in [6.07, 6.45) is 0. The minimum atomic E-state index is -0.127. The van der Waals surface area contributed by atoms with Crippen molar-refractivity contribution in [1.29, 1.82) is 0 Å². The number of carbonyl (C=O) groups is 2. The van der Waals surface area contributed by atoms with E-state index in [1.54, 1.807) is 6.07 Å². The van der Waals surface area contributed by atoms with Crippen LogP contribution in [0.3, 0.4) is 0 Å². The second kappa shape index (κ2) is 7.82. The van der Waals surface area contributed by atoms with E-state index in [1.807, 2.05) is 58.8 Å². The van der Waals surface area contributed by atoms with Crippen molar-refractivity contribution in [2.24, 2.45) is 11.8 Å². The van der Waals surface area contributed by atoms with E-state index in [1.165, 1.54) is 0 Å². The third kappa shape index (κ3) is 5.06. The summed E-state index contributed by atoms with van der Waals surface area (Å²) in [7, 11) is 3.78. The van der Waals surface area contributed by atoms with Crippen LogP contribution in [-0.2, 0) is 4.79 Å². The molecular weight excluding hydrogens is 278 g/mol. The molecule has 122 valence electrons. The molecule has 22 heavy (non-hydrogen) atoms. The molecule has 0 fully saturated rings. The zero-order valence-electron chi connectivity index (χ0n) is 14.4. The monoisotopic (exact) mass is 305 g/mol. The second-order valence-electron chi connectivity index (χ2n) is 6.37. The van der Waals surface area contributed by atoms with Crippen molar-refractivity contribution in [3.63, 3.8) is 0 Å². The number of nitrogens with one attached hydrogen (secondary N) is 2. The molecule has 0 aliphatic carbocycles. The highest BCUT2D eigenvalue weighted by Gasteiger charge is 2.15. The Morgan fingerprint density at radius 2 is 1.77 bits per heavy atom. The van der Waals surface area contributed by atoms with E-state index in [0.717, 1.165) is 5.69 Å². The maximum Gasteiger partial charge on any atom is 0.253 e. The van der Waals surface area contributed by atoms with Gasteiger partial charge in [0.25, 0.3) is 5.91 Å². The van der Waals surface area contributed by atoms with Crippen molar-refractivity contribution in [3.8, 4) is 0 Å². The number of hydrogen-bond donors (Lipinski definition) is 2. The zero-order chi connectivity index (χ0) is 16.9. The van der Waals surface area contributed by atoms with Gasteiger partial charge in [-0.3, -0.25) is 9.59 Å². The first-order valence-electron chi connectivity index (χ1n) is 7.62. The summed E-state index contributed by atoms with van der Waals surface area (Å²) in [5.41, 5.74) is 2.02. The van der Waals surface area contributed by atoms with Crippen molar-refractivity contribution < 1.29 is 9.59 Å². The van der Waals surface area contributed by atoms with Crippen LogP contribution in [0.1, 0.15) is 38.1 Å². The van der Waals surface area contributed by atoms with E-state index in [0.29, 0.717) is 23.7 Å². The molecule has 0 aliphatic heterocycles. The number of hydrogen-bond acceptors (Lipinski definition) is 3. The molecule has 5 nitrogen and oxygen atoms in total. The molecule has 0 aromatic heterocycles. The Balaban J connectivity index is 3.04. The number of nitrogens with zero attached hydrogens (tertiary/aromatic N) is 1. The van der Waals surface area contributed by atoms with Crippen LogP contribution in [0.15, 0.2) is 18.2 Å². The lowest BCUT2D eigenvalue weighted by atomic mass is 10.1. The third-order valence-corrected chi connectivity index (χ3v) is 3.19. The van der Waals surface area contributed by atoms with E-state index in [9.17, 15) is 9.59 Å². The first-order chi connectivity index (χ1) is 10.2. The lowest BCUT2D eigenvalue weighted by molar-refractivity contribution is -0.118. The molecule has 0 spiro atoms. The SMILES string of the molecule is CC(C)CNC(=O)c1cc(NC(=O)C(C)C)ccc1N(C)C. The van der Waals surface area contributed by atoms with E-state index in [2.05, 4.69) is 10.6 Å². The van der Waals surface area contributed by atoms with Crippen LogP contribution in [0.4, 0.5) is 11.4 Å². The molecule has 2 N–H and O–H groups in total. The Morgan fingerprint density at radius 3 is 2.27 bits per heavy atom. The van der Waals surface area contributed by atoms with Crippen LogP contribution in [0, 0.1) is 11.8 Å². The molecule has 0 saturated heterocycles. The summed E-state index contributed by atoms with van der Waals surface area (Å²) < 4.78 is 0. The average Bonchev–Trinajstić information content (AvgIpc) is 2.44. The molecule has 0 heterocycles. The van der Waals surface area contributed by atoms with E-state index >= 15 is 0 Å². The molecule has 0 saturated carbocycles. The standard InChI is InChI=1S/C17H27N3O2/c1-11(2)10-18-17(22)14-9-13(19-16(21)12(3)4)7-8-15(14)20(5)6/h7-9,11-12H,10H2,1-6H3,(H,18,22)(H,19,21). The Morgan fingerprint density at radius 1 is 1.14 bits per heavy atom. The summed E-state index contributed by atoms with van der Waals surface area (Å²) >= 11 is 0. The molecule has 5 heteroatoms. The van der Waals surface area contributed by atoms with Crippen LogP contribution in [0.5, 0.6) is 0 Å². The molecule has 2 amide bonds. The van der Waals surface area contributed by atoms with Crippen molar-refractivity contribution in [2.45, 2.75) is 27.7 Å². The van der Waals surface area contributed by atoms with Gasteiger partial charge in [0, 0.05) is 37.9 Å². The van der Waals surface area contributed by atoms with Crippen molar-refractivity contribution in [2.75, 3.05) is 30.9 Å². The third-order valence-electron chi connectivity index (χ3n) is 3.19. The van der Waals surface area contributed by atoms with E-state index < -0.39 is 0 Å². The molecule has 0 bridgehead atoms. The quantitative estimate of drug-likeness (QED) is 0.849. The first-order valence-corrected chi connectivity index (χ1v) is 7.62. The van der Waals surface area contributed by atoms with Gasteiger partial charge in [-0.1, -0.05) is 27.7 Å². The van der Waals surface area contributed by atoms with Gasteiger partial charge in [-0.25, -0.2) is 0 Å². The minimum absolute atomic E-state index is 0.0638. The fourth-order valence-electron chi connectivity index (χ4n) is 1.86. The summed E-state index contributed by atoms with van der Waals surface area (Å²) in [5, 5.41) is 5.75. The van der Waals surface area contributed by atoms with Crippen LogP contribution in [0.2, 0.25) is 0 Å². The van der Waals surface area contributed by atoms with Crippen molar-refractivity contribution in [3.05, 3.63) is 23.8 Å². The molecule has 0 aliphatic rings. The highest BCUT2D eigenvalue weighted by molar-refractivity contribution is 6.02. The predicted octanol–water partition coefficient (Wildman–Crippen LogP) is 2.73. The topological polar surface area (TPSA) is 61.4 Å². The van der Waals surface area contributed by atoms with Gasteiger partial charge in [0.2, 0.25) is 5.91 Å². The summed E-state index contributed by atoms with van der Waals surface area (Å²) in [6, 6.07) is 5.39. The smallest absolute Gasteiger partial charge is 0.253 e. The molecule has 1 rings (SSSR count). The largest absolute Gasteiger partial charge is 0.377 e. The minimum Gasteiger partial charge on any atom is -0.377 e. The number of carbonyl (C=O) groups excluding carboxylic acids is 2. The number of rotatable bonds is 6. The van der Waals surface area contributed by atoms with Crippen molar-refractivity contribution >= 4 is 23.2 Å². The predicted molar refractivity (Wildman–Crippen MR) is 91.4 cm³/mol. The van der Waals surface area contributed by atoms with Gasteiger partial charge in [0.05, 0.1) is 5.56 Å². The average molecular weight is 305 g/mol. The molecule has 0 unspecified atom stereocenters. The van der Waals surface area contributed by atoms with Crippen LogP contribution in [0.25, 0.3) is 0 Å². The number of amides is 2. The molecule has 0 atom stereocenters. The van der Waals surface area contributed by atoms with Gasteiger partial charge in [-0.05, 0) is 24.1 Å². The first kappa shape index (κ1) is 18.0. The van der Waals surface area contributed by atoms with E-state index in [4.69, 9.17) is 0 Å². The van der Waals surface area contributed by atoms with E-state index in [-0.39, 0.29) is 17.7 Å². The highest BCUT2D eigenvalue weighted by atomic mass is 16.2. The van der Waals surface area contributed by atoms with Gasteiger partial charge in [0.15, 0.2) is 0 Å². The normalized spacial score (nSPS) is 10.7. The fraction of sp³-hybridized carbons (Fsp3) is 0.529. The van der Waals surface area contributed by atoms with Crippen LogP contribution in [-0.4, -0.2) is 32.5 Å². The van der Waals surface area contributed by atoms with Crippen LogP contribution < -0.4 is 15.5 Å². The van der Waals surface area contributed by atoms with Crippen molar-refractivity contribution in [1.82, 2.24) is 5.32 Å². The maximum absolute atomic E-state index is 12.4. The lowest BCUT2D eigenvalue weighted by Crippen LogP contribution is -2.29. The number of anilines is 2. The van der Waals surface area contributed by atoms with Gasteiger partial charge >= 0.3 is 0 Å². The zero-order valence-corrected chi connectivity index (χ0v) is 14.4. The second-order valence-corrected chi connectivity index (χ2v) is 6.37. The molecular formula is C17H27N3O2. The van der Waals surface area contributed by atoms with Gasteiger partial charge in [-0.15, -0.1) is 0 Å². The molecule has 0 radical (unpaired) electrons. The number of benzene rings is 1. The Kier molecular flexibility index (Phi) is 6.40. The van der Waals surface area contributed by atoms with Gasteiger partial charge in [0.1, 0.15) is 0 Å². The van der Waals surface area contributed by atoms with Gasteiger partial charge < -0.3 is 15.5 Å². The maximum atomic E-state index is 12.4. The molecule has 1 aromatic carbocycles. The lowest BCUT2D eigenvalue weighted by Gasteiger charge is -2.19. The Bertz CT molecular complexity index is 537. The Labute approximate surface area is 133 Å². The fourth-order valence-corrected chi connectivity index (χ4v) is 1.86. The summed E-state index contributed by atoms with van der Waals surface area (Å²) in [6.45, 7) is 8.38. The summed E-state index contributed by atoms with van der Waals surface area (Å²) in [5.74, 6) is 0.0894.